The Balaban J connectivity index is 2.83. The van der Waals surface area contributed by atoms with Gasteiger partial charge in [0.05, 0.1) is 5.60 Å². The number of aliphatic hydroxyl groups is 1. The maximum atomic E-state index is 10.3. The molecule has 0 radical (unpaired) electrons. The summed E-state index contributed by atoms with van der Waals surface area (Å²) < 4.78 is 0. The van der Waals surface area contributed by atoms with E-state index in [2.05, 4.69) is 20.4 Å². The van der Waals surface area contributed by atoms with Gasteiger partial charge < -0.3 is 5.11 Å². The molecule has 1 nitrogen and oxygen atoms in total. The third kappa shape index (κ3) is 2.14. The minimum absolute atomic E-state index is 0.260. The van der Waals surface area contributed by atoms with Gasteiger partial charge in [0.15, 0.2) is 0 Å². The number of hydrogen-bond acceptors (Lipinski definition) is 1. The van der Waals surface area contributed by atoms with Gasteiger partial charge >= 0.3 is 0 Å². The molecule has 1 rings (SSSR count). The van der Waals surface area contributed by atoms with Crippen LogP contribution < -0.4 is 0 Å². The Morgan fingerprint density at radius 2 is 2.00 bits per heavy atom. The molecule has 76 valence electrons. The van der Waals surface area contributed by atoms with Crippen LogP contribution in [0.4, 0.5) is 0 Å². The van der Waals surface area contributed by atoms with Crippen molar-refractivity contribution in [3.63, 3.8) is 0 Å². The van der Waals surface area contributed by atoms with Crippen molar-refractivity contribution in [2.75, 3.05) is 0 Å². The summed E-state index contributed by atoms with van der Waals surface area (Å²) in [6.07, 6.45) is 6.18. The second-order valence-electron chi connectivity index (χ2n) is 5.28. The molecule has 2 atom stereocenters. The quantitative estimate of drug-likeness (QED) is 0.650. The van der Waals surface area contributed by atoms with Gasteiger partial charge in [-0.3, -0.25) is 0 Å². The zero-order valence-corrected chi connectivity index (χ0v) is 9.14. The van der Waals surface area contributed by atoms with Crippen molar-refractivity contribution in [1.82, 2.24) is 0 Å². The van der Waals surface area contributed by atoms with Crippen LogP contribution in [0.3, 0.4) is 0 Å². The van der Waals surface area contributed by atoms with Gasteiger partial charge in [-0.1, -0.05) is 26.3 Å². The van der Waals surface area contributed by atoms with Crippen LogP contribution >= 0.6 is 0 Å². The van der Waals surface area contributed by atoms with Gasteiger partial charge in [0.1, 0.15) is 0 Å². The van der Waals surface area contributed by atoms with Crippen LogP contribution in [0.25, 0.3) is 0 Å². The topological polar surface area (TPSA) is 20.2 Å². The summed E-state index contributed by atoms with van der Waals surface area (Å²) in [5.74, 6) is 0.367. The average Bonchev–Trinajstić information content (AvgIpc) is 1.96. The van der Waals surface area contributed by atoms with E-state index in [-0.39, 0.29) is 5.41 Å². The van der Waals surface area contributed by atoms with E-state index in [0.717, 1.165) is 19.3 Å². The molecule has 0 saturated heterocycles. The van der Waals surface area contributed by atoms with E-state index in [4.69, 9.17) is 0 Å². The fourth-order valence-corrected chi connectivity index (χ4v) is 2.83. The van der Waals surface area contributed by atoms with Crippen LogP contribution in [0.1, 0.15) is 46.5 Å². The van der Waals surface area contributed by atoms with Crippen LogP contribution in [-0.4, -0.2) is 10.7 Å². The SMILES string of the molecule is C=CC[C@H]1C(C)(C)CCC[C@]1(C)O. The van der Waals surface area contributed by atoms with Gasteiger partial charge in [0, 0.05) is 0 Å². The molecule has 0 amide bonds. The van der Waals surface area contributed by atoms with Gasteiger partial charge in [-0.2, -0.15) is 0 Å². The first-order valence-corrected chi connectivity index (χ1v) is 5.23. The highest BCUT2D eigenvalue weighted by molar-refractivity contribution is 4.98. The lowest BCUT2D eigenvalue weighted by Crippen LogP contribution is -2.46. The van der Waals surface area contributed by atoms with Crippen LogP contribution in [0, 0.1) is 11.3 Å². The maximum Gasteiger partial charge on any atom is 0.0655 e. The lowest BCUT2D eigenvalue weighted by atomic mass is 9.61. The molecular formula is C12H22O. The molecule has 1 N–H and O–H groups in total. The standard InChI is InChI=1S/C12H22O/c1-5-7-10-11(2,3)8-6-9-12(10,4)13/h5,10,13H,1,6-9H2,2-4H3/t10-,12-/m0/s1. The zero-order valence-electron chi connectivity index (χ0n) is 9.14. The van der Waals surface area contributed by atoms with E-state index in [9.17, 15) is 5.11 Å². The van der Waals surface area contributed by atoms with E-state index in [0.29, 0.717) is 5.92 Å². The first kappa shape index (κ1) is 10.8. The molecule has 1 fully saturated rings. The van der Waals surface area contributed by atoms with Crippen molar-refractivity contribution in [1.29, 1.82) is 0 Å². The van der Waals surface area contributed by atoms with Crippen LogP contribution in [0.15, 0.2) is 12.7 Å². The molecular weight excluding hydrogens is 160 g/mol. The first-order valence-electron chi connectivity index (χ1n) is 5.23. The Labute approximate surface area is 81.9 Å². The van der Waals surface area contributed by atoms with E-state index in [1.165, 1.54) is 6.42 Å². The summed E-state index contributed by atoms with van der Waals surface area (Å²) in [5, 5.41) is 10.3. The molecule has 0 aromatic carbocycles. The van der Waals surface area contributed by atoms with Gasteiger partial charge in [0.2, 0.25) is 0 Å². The molecule has 0 aromatic rings. The molecule has 0 aromatic heterocycles. The van der Waals surface area contributed by atoms with Crippen LogP contribution in [-0.2, 0) is 0 Å². The molecule has 0 bridgehead atoms. The van der Waals surface area contributed by atoms with Gasteiger partial charge in [-0.15, -0.1) is 6.58 Å². The molecule has 1 heteroatoms. The van der Waals surface area contributed by atoms with Crippen molar-refractivity contribution < 1.29 is 5.11 Å². The summed E-state index contributed by atoms with van der Waals surface area (Å²) in [5.41, 5.74) is -0.230. The highest BCUT2D eigenvalue weighted by Gasteiger charge is 2.44. The Morgan fingerprint density at radius 1 is 1.38 bits per heavy atom. The Morgan fingerprint density at radius 3 is 2.46 bits per heavy atom. The van der Waals surface area contributed by atoms with E-state index >= 15 is 0 Å². The van der Waals surface area contributed by atoms with Crippen molar-refractivity contribution >= 4 is 0 Å². The van der Waals surface area contributed by atoms with E-state index < -0.39 is 5.60 Å². The largest absolute Gasteiger partial charge is 0.390 e. The highest BCUT2D eigenvalue weighted by atomic mass is 16.3. The second-order valence-corrected chi connectivity index (χ2v) is 5.28. The fourth-order valence-electron chi connectivity index (χ4n) is 2.83. The van der Waals surface area contributed by atoms with Gasteiger partial charge in [0.25, 0.3) is 0 Å². The predicted molar refractivity (Wildman–Crippen MR) is 56.6 cm³/mol. The smallest absolute Gasteiger partial charge is 0.0655 e. The molecule has 1 aliphatic carbocycles. The highest BCUT2D eigenvalue weighted by Crippen LogP contribution is 2.47. The lowest BCUT2D eigenvalue weighted by Gasteiger charge is -2.47. The second kappa shape index (κ2) is 3.45. The predicted octanol–water partition coefficient (Wildman–Crippen LogP) is 3.14. The lowest BCUT2D eigenvalue weighted by molar-refractivity contribution is -0.0871. The normalized spacial score (nSPS) is 38.6. The summed E-state index contributed by atoms with van der Waals surface area (Å²) in [4.78, 5) is 0. The molecule has 0 spiro atoms. The Bertz CT molecular complexity index is 175. The molecule has 0 unspecified atom stereocenters. The molecule has 0 heterocycles. The van der Waals surface area contributed by atoms with Gasteiger partial charge in [-0.05, 0) is 37.5 Å². The fraction of sp³-hybridized carbons (Fsp3) is 0.833. The molecule has 1 aliphatic rings. The van der Waals surface area contributed by atoms with Crippen molar-refractivity contribution in [3.8, 4) is 0 Å². The average molecular weight is 182 g/mol. The van der Waals surface area contributed by atoms with E-state index in [1.54, 1.807) is 0 Å². The molecule has 0 aliphatic heterocycles. The van der Waals surface area contributed by atoms with Gasteiger partial charge in [-0.25, -0.2) is 0 Å². The summed E-state index contributed by atoms with van der Waals surface area (Å²) in [6, 6.07) is 0. The summed E-state index contributed by atoms with van der Waals surface area (Å²) >= 11 is 0. The molecule has 1 saturated carbocycles. The molecule has 13 heavy (non-hydrogen) atoms. The summed E-state index contributed by atoms with van der Waals surface area (Å²) in [7, 11) is 0. The monoisotopic (exact) mass is 182 g/mol. The Hall–Kier alpha value is -0.300. The van der Waals surface area contributed by atoms with E-state index in [1.807, 2.05) is 13.0 Å². The van der Waals surface area contributed by atoms with Crippen molar-refractivity contribution in [2.24, 2.45) is 11.3 Å². The summed E-state index contributed by atoms with van der Waals surface area (Å²) in [6.45, 7) is 10.3. The zero-order chi connectivity index (χ0) is 10.1. The Kier molecular flexibility index (Phi) is 2.86. The number of hydrogen-bond donors (Lipinski definition) is 1. The minimum Gasteiger partial charge on any atom is -0.390 e. The maximum absolute atomic E-state index is 10.3. The third-order valence-electron chi connectivity index (χ3n) is 3.60. The third-order valence-corrected chi connectivity index (χ3v) is 3.60. The van der Waals surface area contributed by atoms with Crippen molar-refractivity contribution in [2.45, 2.75) is 52.1 Å². The van der Waals surface area contributed by atoms with Crippen LogP contribution in [0.5, 0.6) is 0 Å². The van der Waals surface area contributed by atoms with Crippen LogP contribution in [0.2, 0.25) is 0 Å². The first-order chi connectivity index (χ1) is 5.90. The number of allylic oxidation sites excluding steroid dienone is 1. The van der Waals surface area contributed by atoms with Crippen molar-refractivity contribution in [3.05, 3.63) is 12.7 Å². The minimum atomic E-state index is -0.490. The number of rotatable bonds is 2.